The van der Waals surface area contributed by atoms with Crippen LogP contribution in [0.25, 0.3) is 0 Å². The van der Waals surface area contributed by atoms with Gasteiger partial charge in [-0.15, -0.1) is 0 Å². The van der Waals surface area contributed by atoms with Gasteiger partial charge < -0.3 is 4.74 Å². The molecule has 0 N–H and O–H groups in total. The summed E-state index contributed by atoms with van der Waals surface area (Å²) in [4.78, 5) is 7.67. The lowest BCUT2D eigenvalue weighted by Crippen LogP contribution is -2.06. The van der Waals surface area contributed by atoms with Crippen LogP contribution >= 0.6 is 15.9 Å². The van der Waals surface area contributed by atoms with E-state index in [1.54, 1.807) is 0 Å². The zero-order chi connectivity index (χ0) is 13.9. The standard InChI is InChI=1S/C12H11BrN2O3S/c1-19(16,17)12-14-10(13)7-11(15-12)18-8-9-5-3-2-4-6-9/h2-7H,8H2,1H3. The molecule has 0 spiro atoms. The van der Waals surface area contributed by atoms with E-state index in [0.29, 0.717) is 11.2 Å². The quantitative estimate of drug-likeness (QED) is 0.629. The van der Waals surface area contributed by atoms with Crippen molar-refractivity contribution in [2.45, 2.75) is 11.8 Å². The molecule has 1 heterocycles. The summed E-state index contributed by atoms with van der Waals surface area (Å²) >= 11 is 3.14. The highest BCUT2D eigenvalue weighted by Gasteiger charge is 2.14. The summed E-state index contributed by atoms with van der Waals surface area (Å²) in [6, 6.07) is 11.1. The van der Waals surface area contributed by atoms with Gasteiger partial charge in [0.25, 0.3) is 5.16 Å². The van der Waals surface area contributed by atoms with Gasteiger partial charge in [0.1, 0.15) is 11.2 Å². The van der Waals surface area contributed by atoms with Crippen LogP contribution in [-0.2, 0) is 16.4 Å². The van der Waals surface area contributed by atoms with Gasteiger partial charge in [0.2, 0.25) is 15.7 Å². The average molecular weight is 343 g/mol. The van der Waals surface area contributed by atoms with E-state index in [0.717, 1.165) is 11.8 Å². The Balaban J connectivity index is 2.19. The summed E-state index contributed by atoms with van der Waals surface area (Å²) < 4.78 is 28.7. The van der Waals surface area contributed by atoms with E-state index in [1.807, 2.05) is 30.3 Å². The van der Waals surface area contributed by atoms with Gasteiger partial charge in [-0.2, -0.15) is 4.98 Å². The Morgan fingerprint density at radius 1 is 1.21 bits per heavy atom. The summed E-state index contributed by atoms with van der Waals surface area (Å²) in [6.07, 6.45) is 1.05. The van der Waals surface area contributed by atoms with Crippen LogP contribution in [0.2, 0.25) is 0 Å². The molecule has 0 saturated carbocycles. The Morgan fingerprint density at radius 2 is 1.89 bits per heavy atom. The molecule has 0 aliphatic heterocycles. The Labute approximate surface area is 119 Å². The van der Waals surface area contributed by atoms with Crippen LogP contribution in [-0.4, -0.2) is 24.6 Å². The highest BCUT2D eigenvalue weighted by atomic mass is 79.9. The van der Waals surface area contributed by atoms with E-state index in [-0.39, 0.29) is 11.0 Å². The van der Waals surface area contributed by atoms with Crippen molar-refractivity contribution in [2.24, 2.45) is 0 Å². The van der Waals surface area contributed by atoms with E-state index < -0.39 is 9.84 Å². The van der Waals surface area contributed by atoms with Gasteiger partial charge in [0.15, 0.2) is 0 Å². The fourth-order valence-electron chi connectivity index (χ4n) is 1.35. The molecule has 2 aromatic rings. The van der Waals surface area contributed by atoms with Gasteiger partial charge >= 0.3 is 0 Å². The Kier molecular flexibility index (Phi) is 4.16. The van der Waals surface area contributed by atoms with E-state index >= 15 is 0 Å². The zero-order valence-corrected chi connectivity index (χ0v) is 12.5. The fraction of sp³-hybridized carbons (Fsp3) is 0.167. The number of hydrogen-bond donors (Lipinski definition) is 0. The zero-order valence-electron chi connectivity index (χ0n) is 10.1. The molecule has 7 heteroatoms. The molecule has 0 saturated heterocycles. The van der Waals surface area contributed by atoms with Crippen molar-refractivity contribution < 1.29 is 13.2 Å². The third-order valence-electron chi connectivity index (χ3n) is 2.21. The number of nitrogens with zero attached hydrogens (tertiary/aromatic N) is 2. The largest absolute Gasteiger partial charge is 0.473 e. The number of ether oxygens (including phenoxy) is 1. The number of aromatic nitrogens is 2. The summed E-state index contributed by atoms with van der Waals surface area (Å²) in [5.74, 6) is 0.214. The summed E-state index contributed by atoms with van der Waals surface area (Å²) in [6.45, 7) is 0.313. The van der Waals surface area contributed by atoms with Crippen LogP contribution in [0.4, 0.5) is 0 Å². The predicted octanol–water partition coefficient (Wildman–Crippen LogP) is 2.22. The lowest BCUT2D eigenvalue weighted by atomic mass is 10.2. The lowest BCUT2D eigenvalue weighted by molar-refractivity contribution is 0.290. The van der Waals surface area contributed by atoms with Crippen molar-refractivity contribution in [2.75, 3.05) is 6.26 Å². The molecule has 0 aliphatic carbocycles. The molecular formula is C12H11BrN2O3S. The van der Waals surface area contributed by atoms with Gasteiger partial charge in [-0.25, -0.2) is 13.4 Å². The maximum absolute atomic E-state index is 11.4. The summed E-state index contributed by atoms with van der Waals surface area (Å²) in [5, 5.41) is -0.259. The predicted molar refractivity (Wildman–Crippen MR) is 73.6 cm³/mol. The first kappa shape index (κ1) is 14.0. The van der Waals surface area contributed by atoms with Crippen LogP contribution in [0.5, 0.6) is 5.88 Å². The first-order valence-electron chi connectivity index (χ1n) is 5.36. The smallest absolute Gasteiger partial charge is 0.251 e. The first-order valence-corrected chi connectivity index (χ1v) is 8.05. The second kappa shape index (κ2) is 5.66. The second-order valence-electron chi connectivity index (χ2n) is 3.86. The van der Waals surface area contributed by atoms with Crippen LogP contribution in [0.3, 0.4) is 0 Å². The Bertz CT molecular complexity index is 675. The minimum absolute atomic E-state index is 0.214. The molecular weight excluding hydrogens is 332 g/mol. The maximum atomic E-state index is 11.4. The minimum Gasteiger partial charge on any atom is -0.473 e. The van der Waals surface area contributed by atoms with Gasteiger partial charge in [-0.3, -0.25) is 0 Å². The third kappa shape index (κ3) is 4.00. The van der Waals surface area contributed by atoms with Crippen molar-refractivity contribution in [1.82, 2.24) is 9.97 Å². The van der Waals surface area contributed by atoms with Gasteiger partial charge in [0.05, 0.1) is 0 Å². The summed E-state index contributed by atoms with van der Waals surface area (Å²) in [5.41, 5.74) is 0.971. The molecule has 0 fully saturated rings. The normalized spacial score (nSPS) is 11.3. The topological polar surface area (TPSA) is 69.2 Å². The number of rotatable bonds is 4. The van der Waals surface area contributed by atoms with Crippen molar-refractivity contribution in [3.8, 4) is 5.88 Å². The highest BCUT2D eigenvalue weighted by Crippen LogP contribution is 2.18. The van der Waals surface area contributed by atoms with Crippen molar-refractivity contribution in [1.29, 1.82) is 0 Å². The highest BCUT2D eigenvalue weighted by molar-refractivity contribution is 9.10. The number of halogens is 1. The number of benzene rings is 1. The van der Waals surface area contributed by atoms with Crippen LogP contribution in [0, 0.1) is 0 Å². The molecule has 0 radical (unpaired) electrons. The molecule has 100 valence electrons. The van der Waals surface area contributed by atoms with Gasteiger partial charge in [-0.1, -0.05) is 30.3 Å². The summed E-state index contributed by atoms with van der Waals surface area (Å²) in [7, 11) is -3.46. The molecule has 5 nitrogen and oxygen atoms in total. The molecule has 0 unspecified atom stereocenters. The van der Waals surface area contributed by atoms with Gasteiger partial charge in [-0.05, 0) is 21.5 Å². The molecule has 19 heavy (non-hydrogen) atoms. The van der Waals surface area contributed by atoms with Crippen LogP contribution in [0.1, 0.15) is 5.56 Å². The molecule has 0 bridgehead atoms. The van der Waals surface area contributed by atoms with E-state index in [1.165, 1.54) is 6.07 Å². The fourth-order valence-corrected chi connectivity index (χ4v) is 2.35. The molecule has 2 rings (SSSR count). The van der Waals surface area contributed by atoms with Crippen LogP contribution < -0.4 is 4.74 Å². The van der Waals surface area contributed by atoms with E-state index in [2.05, 4.69) is 25.9 Å². The molecule has 1 aromatic carbocycles. The van der Waals surface area contributed by atoms with E-state index in [4.69, 9.17) is 4.74 Å². The van der Waals surface area contributed by atoms with Gasteiger partial charge in [0, 0.05) is 12.3 Å². The monoisotopic (exact) mass is 342 g/mol. The SMILES string of the molecule is CS(=O)(=O)c1nc(Br)cc(OCc2ccccc2)n1. The first-order chi connectivity index (χ1) is 8.95. The molecule has 0 atom stereocenters. The van der Waals surface area contributed by atoms with Crippen LogP contribution in [0.15, 0.2) is 46.2 Å². The lowest BCUT2D eigenvalue weighted by Gasteiger charge is -2.06. The van der Waals surface area contributed by atoms with Crippen molar-refractivity contribution in [3.63, 3.8) is 0 Å². The number of hydrogen-bond acceptors (Lipinski definition) is 5. The second-order valence-corrected chi connectivity index (χ2v) is 6.58. The molecule has 1 aromatic heterocycles. The Hall–Kier alpha value is -1.47. The van der Waals surface area contributed by atoms with Crippen molar-refractivity contribution >= 4 is 25.8 Å². The van der Waals surface area contributed by atoms with Crippen molar-refractivity contribution in [3.05, 3.63) is 46.6 Å². The Morgan fingerprint density at radius 3 is 2.53 bits per heavy atom. The molecule has 0 amide bonds. The third-order valence-corrected chi connectivity index (χ3v) is 3.46. The van der Waals surface area contributed by atoms with E-state index in [9.17, 15) is 8.42 Å². The number of sulfone groups is 1. The maximum Gasteiger partial charge on any atom is 0.251 e. The minimum atomic E-state index is -3.46. The average Bonchev–Trinajstić information content (AvgIpc) is 2.36. The molecule has 0 aliphatic rings.